The largest absolute Gasteiger partial charge is 0.355 e. The summed E-state index contributed by atoms with van der Waals surface area (Å²) in [5, 5.41) is 5.82. The second kappa shape index (κ2) is 9.88. The molecule has 4 nitrogen and oxygen atoms in total. The van der Waals surface area contributed by atoms with Gasteiger partial charge in [0.05, 0.1) is 0 Å². The SMILES string of the molecule is CNC(=O)c1ccc(/C=C/C(=O)NC(Cc2ccccc2)C2CCCC2)cc1. The van der Waals surface area contributed by atoms with E-state index in [-0.39, 0.29) is 17.9 Å². The number of rotatable bonds is 7. The monoisotopic (exact) mass is 376 g/mol. The van der Waals surface area contributed by atoms with E-state index in [1.807, 2.05) is 30.3 Å². The van der Waals surface area contributed by atoms with Gasteiger partial charge in [-0.1, -0.05) is 55.3 Å². The molecular formula is C24H28N2O2. The number of amides is 2. The van der Waals surface area contributed by atoms with Gasteiger partial charge in [-0.05, 0) is 54.5 Å². The van der Waals surface area contributed by atoms with Crippen molar-refractivity contribution >= 4 is 17.9 Å². The third-order valence-electron chi connectivity index (χ3n) is 5.42. The van der Waals surface area contributed by atoms with Crippen molar-refractivity contribution in [1.82, 2.24) is 10.6 Å². The Morgan fingerprint density at radius 2 is 1.71 bits per heavy atom. The summed E-state index contributed by atoms with van der Waals surface area (Å²) in [5.41, 5.74) is 2.75. The maximum absolute atomic E-state index is 12.5. The zero-order valence-corrected chi connectivity index (χ0v) is 16.4. The molecule has 1 saturated carbocycles. The van der Waals surface area contributed by atoms with Gasteiger partial charge < -0.3 is 10.6 Å². The lowest BCUT2D eigenvalue weighted by Gasteiger charge is -2.24. The van der Waals surface area contributed by atoms with Gasteiger partial charge in [0.15, 0.2) is 0 Å². The number of hydrogen-bond acceptors (Lipinski definition) is 2. The Morgan fingerprint density at radius 1 is 1.04 bits per heavy atom. The zero-order valence-electron chi connectivity index (χ0n) is 16.4. The second-order valence-corrected chi connectivity index (χ2v) is 7.38. The fourth-order valence-corrected chi connectivity index (χ4v) is 3.86. The zero-order chi connectivity index (χ0) is 19.8. The third kappa shape index (κ3) is 5.56. The summed E-state index contributed by atoms with van der Waals surface area (Å²) in [7, 11) is 1.61. The van der Waals surface area contributed by atoms with Gasteiger partial charge in [-0.15, -0.1) is 0 Å². The first-order valence-electron chi connectivity index (χ1n) is 10.0. The highest BCUT2D eigenvalue weighted by Crippen LogP contribution is 2.29. The van der Waals surface area contributed by atoms with Crippen molar-refractivity contribution < 1.29 is 9.59 Å². The van der Waals surface area contributed by atoms with Crippen LogP contribution in [0.15, 0.2) is 60.7 Å². The van der Waals surface area contributed by atoms with Crippen LogP contribution in [0.4, 0.5) is 0 Å². The van der Waals surface area contributed by atoms with Crippen LogP contribution in [0.5, 0.6) is 0 Å². The molecule has 1 aliphatic rings. The van der Waals surface area contributed by atoms with E-state index in [0.717, 1.165) is 12.0 Å². The maximum Gasteiger partial charge on any atom is 0.251 e. The van der Waals surface area contributed by atoms with Gasteiger partial charge in [-0.2, -0.15) is 0 Å². The Bertz CT molecular complexity index is 806. The molecular weight excluding hydrogens is 348 g/mol. The lowest BCUT2D eigenvalue weighted by Crippen LogP contribution is -2.40. The first kappa shape index (κ1) is 19.9. The van der Waals surface area contributed by atoms with E-state index >= 15 is 0 Å². The Kier molecular flexibility index (Phi) is 7.01. The van der Waals surface area contributed by atoms with Crippen molar-refractivity contribution in [2.75, 3.05) is 7.05 Å². The van der Waals surface area contributed by atoms with Crippen LogP contribution >= 0.6 is 0 Å². The summed E-state index contributed by atoms with van der Waals surface area (Å²) in [6.45, 7) is 0. The first-order chi connectivity index (χ1) is 13.7. The molecule has 1 aliphatic carbocycles. The molecule has 1 unspecified atom stereocenters. The minimum absolute atomic E-state index is 0.0665. The Balaban J connectivity index is 1.62. The smallest absolute Gasteiger partial charge is 0.251 e. The van der Waals surface area contributed by atoms with Crippen molar-refractivity contribution in [3.63, 3.8) is 0 Å². The highest BCUT2D eigenvalue weighted by atomic mass is 16.2. The van der Waals surface area contributed by atoms with E-state index in [1.165, 1.54) is 31.2 Å². The molecule has 0 radical (unpaired) electrons. The molecule has 2 aromatic rings. The number of carbonyl (C=O) groups is 2. The molecule has 3 rings (SSSR count). The lowest BCUT2D eigenvalue weighted by molar-refractivity contribution is -0.117. The molecule has 2 N–H and O–H groups in total. The predicted molar refractivity (Wildman–Crippen MR) is 113 cm³/mol. The van der Waals surface area contributed by atoms with Crippen LogP contribution in [0.25, 0.3) is 6.08 Å². The van der Waals surface area contributed by atoms with Crippen molar-refractivity contribution in [1.29, 1.82) is 0 Å². The van der Waals surface area contributed by atoms with Gasteiger partial charge in [0.1, 0.15) is 0 Å². The predicted octanol–water partition coefficient (Wildman–Crippen LogP) is 3.98. The van der Waals surface area contributed by atoms with Gasteiger partial charge in [-0.3, -0.25) is 9.59 Å². The average Bonchev–Trinajstić information content (AvgIpc) is 3.27. The maximum atomic E-state index is 12.5. The molecule has 0 saturated heterocycles. The van der Waals surface area contributed by atoms with Gasteiger partial charge in [0.2, 0.25) is 5.91 Å². The topological polar surface area (TPSA) is 58.2 Å². The molecule has 4 heteroatoms. The summed E-state index contributed by atoms with van der Waals surface area (Å²) in [6.07, 6.45) is 9.11. The van der Waals surface area contributed by atoms with Crippen molar-refractivity contribution in [2.24, 2.45) is 5.92 Å². The van der Waals surface area contributed by atoms with Gasteiger partial charge in [0.25, 0.3) is 5.91 Å². The van der Waals surface area contributed by atoms with Gasteiger partial charge in [-0.25, -0.2) is 0 Å². The van der Waals surface area contributed by atoms with Crippen molar-refractivity contribution in [2.45, 2.75) is 38.1 Å². The van der Waals surface area contributed by atoms with Gasteiger partial charge >= 0.3 is 0 Å². The normalized spacial score (nSPS) is 15.5. The second-order valence-electron chi connectivity index (χ2n) is 7.38. The summed E-state index contributed by atoms with van der Waals surface area (Å²) in [4.78, 5) is 24.1. The minimum atomic E-state index is -0.117. The summed E-state index contributed by atoms with van der Waals surface area (Å²) in [6, 6.07) is 17.7. The van der Waals surface area contributed by atoms with Gasteiger partial charge in [0, 0.05) is 24.7 Å². The molecule has 2 amide bonds. The Hall–Kier alpha value is -2.88. The summed E-state index contributed by atoms with van der Waals surface area (Å²) >= 11 is 0. The lowest BCUT2D eigenvalue weighted by atomic mass is 9.92. The molecule has 2 aromatic carbocycles. The molecule has 0 bridgehead atoms. The molecule has 146 valence electrons. The van der Waals surface area contributed by atoms with Crippen LogP contribution in [0.3, 0.4) is 0 Å². The number of benzene rings is 2. The minimum Gasteiger partial charge on any atom is -0.355 e. The summed E-state index contributed by atoms with van der Waals surface area (Å²) < 4.78 is 0. The van der Waals surface area contributed by atoms with Crippen LogP contribution in [-0.2, 0) is 11.2 Å². The highest BCUT2D eigenvalue weighted by molar-refractivity contribution is 5.94. The van der Waals surface area contributed by atoms with Crippen molar-refractivity contribution in [3.05, 3.63) is 77.4 Å². The average molecular weight is 377 g/mol. The van der Waals surface area contributed by atoms with E-state index in [0.29, 0.717) is 11.5 Å². The molecule has 1 fully saturated rings. The van der Waals surface area contributed by atoms with E-state index < -0.39 is 0 Å². The first-order valence-corrected chi connectivity index (χ1v) is 10.0. The number of hydrogen-bond donors (Lipinski definition) is 2. The van der Waals surface area contributed by atoms with E-state index in [1.54, 1.807) is 31.3 Å². The van der Waals surface area contributed by atoms with E-state index in [2.05, 4.69) is 22.8 Å². The van der Waals surface area contributed by atoms with Crippen molar-refractivity contribution in [3.8, 4) is 0 Å². The molecule has 0 spiro atoms. The van der Waals surface area contributed by atoms with Crippen LogP contribution in [-0.4, -0.2) is 24.9 Å². The van der Waals surface area contributed by atoms with Crippen LogP contribution in [0.2, 0.25) is 0 Å². The Labute approximate surface area is 167 Å². The fourth-order valence-electron chi connectivity index (χ4n) is 3.86. The van der Waals surface area contributed by atoms with Crippen LogP contribution < -0.4 is 10.6 Å². The highest BCUT2D eigenvalue weighted by Gasteiger charge is 2.26. The molecule has 0 heterocycles. The number of carbonyl (C=O) groups excluding carboxylic acids is 2. The van der Waals surface area contributed by atoms with E-state index in [9.17, 15) is 9.59 Å². The molecule has 1 atom stereocenters. The number of nitrogens with one attached hydrogen (secondary N) is 2. The van der Waals surface area contributed by atoms with Crippen LogP contribution in [0, 0.1) is 5.92 Å². The third-order valence-corrected chi connectivity index (χ3v) is 5.42. The fraction of sp³-hybridized carbons (Fsp3) is 0.333. The summed E-state index contributed by atoms with van der Waals surface area (Å²) in [5.74, 6) is 0.362. The molecule has 0 aliphatic heterocycles. The Morgan fingerprint density at radius 3 is 2.36 bits per heavy atom. The molecule has 28 heavy (non-hydrogen) atoms. The van der Waals surface area contributed by atoms with E-state index in [4.69, 9.17) is 0 Å². The standard InChI is InChI=1S/C24H28N2O2/c1-25-24(28)21-14-11-18(12-15-21)13-16-23(27)26-22(20-9-5-6-10-20)17-19-7-3-2-4-8-19/h2-4,7-8,11-16,20,22H,5-6,9-10,17H2,1H3,(H,25,28)(H,26,27)/b16-13+. The van der Waals surface area contributed by atoms with Crippen LogP contribution in [0.1, 0.15) is 47.2 Å². The quantitative estimate of drug-likeness (QED) is 0.718. The molecule has 0 aromatic heterocycles.